The third kappa shape index (κ3) is 5.00. The average molecular weight is 497 g/mol. The molecule has 0 spiro atoms. The number of thiazole rings is 1. The Morgan fingerprint density at radius 3 is 2.67 bits per heavy atom. The molecule has 12 heteroatoms. The molecule has 0 fully saturated rings. The van der Waals surface area contributed by atoms with Crippen molar-refractivity contribution in [1.29, 1.82) is 5.41 Å². The molecule has 0 unspecified atom stereocenters. The van der Waals surface area contributed by atoms with Crippen molar-refractivity contribution in [2.45, 2.75) is 16.3 Å². The van der Waals surface area contributed by atoms with E-state index < -0.39 is 10.1 Å². The Morgan fingerprint density at radius 2 is 1.97 bits per heavy atom. The van der Waals surface area contributed by atoms with Crippen molar-refractivity contribution >= 4 is 54.2 Å². The minimum atomic E-state index is -4.61. The number of azide groups is 1. The molecule has 4 rings (SSSR count). The lowest BCUT2D eigenvalue weighted by molar-refractivity contribution is 0.479. The van der Waals surface area contributed by atoms with Crippen LogP contribution in [-0.4, -0.2) is 23.0 Å². The standard InChI is InChI=1S/C21H16N6O3S3/c22-15-7-4-12(5-8-15)21-26-16-9-6-13(10-18(16)32-21)20(23)31-17-3-1-2-14(11-25-27-24)19(17)33(28,29)30/h1-10,23H,11,22H2,(H,28,29,30). The van der Waals surface area contributed by atoms with E-state index in [2.05, 4.69) is 15.0 Å². The van der Waals surface area contributed by atoms with Gasteiger partial charge >= 0.3 is 0 Å². The molecule has 0 atom stereocenters. The van der Waals surface area contributed by atoms with E-state index in [-0.39, 0.29) is 26.9 Å². The normalized spacial score (nSPS) is 11.3. The average Bonchev–Trinajstić information content (AvgIpc) is 3.20. The van der Waals surface area contributed by atoms with Gasteiger partial charge in [0.1, 0.15) is 9.90 Å². The summed E-state index contributed by atoms with van der Waals surface area (Å²) in [5.41, 5.74) is 17.4. The molecule has 4 N–H and O–H groups in total. The minimum Gasteiger partial charge on any atom is -0.399 e. The molecule has 0 aliphatic heterocycles. The van der Waals surface area contributed by atoms with Gasteiger partial charge in [0.05, 0.1) is 21.8 Å². The van der Waals surface area contributed by atoms with Crippen molar-refractivity contribution in [2.24, 2.45) is 5.11 Å². The number of hydrogen-bond acceptors (Lipinski definition) is 8. The summed E-state index contributed by atoms with van der Waals surface area (Å²) in [7, 11) is -4.61. The van der Waals surface area contributed by atoms with Crippen LogP contribution in [0.5, 0.6) is 0 Å². The smallest absolute Gasteiger partial charge is 0.295 e. The Kier molecular flexibility index (Phi) is 6.36. The lowest BCUT2D eigenvalue weighted by Crippen LogP contribution is -2.06. The molecule has 0 saturated carbocycles. The Hall–Kier alpha value is -3.41. The van der Waals surface area contributed by atoms with Crippen LogP contribution in [0.1, 0.15) is 11.1 Å². The lowest BCUT2D eigenvalue weighted by Gasteiger charge is -2.11. The molecule has 0 aliphatic rings. The number of nitrogens with two attached hydrogens (primary N) is 1. The first-order chi connectivity index (χ1) is 15.8. The van der Waals surface area contributed by atoms with E-state index in [4.69, 9.17) is 16.7 Å². The number of nitrogen functional groups attached to an aromatic ring is 1. The molecule has 4 aromatic rings. The summed E-state index contributed by atoms with van der Waals surface area (Å²) >= 11 is 2.36. The Morgan fingerprint density at radius 1 is 1.21 bits per heavy atom. The van der Waals surface area contributed by atoms with Crippen molar-refractivity contribution in [1.82, 2.24) is 4.98 Å². The third-order valence-corrected chi connectivity index (χ3v) is 7.84. The summed E-state index contributed by atoms with van der Waals surface area (Å²) in [6.45, 7) is -0.242. The highest BCUT2D eigenvalue weighted by molar-refractivity contribution is 8.14. The van der Waals surface area contributed by atoms with Gasteiger partial charge in [-0.2, -0.15) is 8.42 Å². The van der Waals surface area contributed by atoms with Gasteiger partial charge in [-0.3, -0.25) is 9.96 Å². The van der Waals surface area contributed by atoms with Gasteiger partial charge in [-0.15, -0.1) is 11.3 Å². The minimum absolute atomic E-state index is 0.0881. The van der Waals surface area contributed by atoms with Gasteiger partial charge in [-0.1, -0.05) is 35.1 Å². The summed E-state index contributed by atoms with van der Waals surface area (Å²) < 4.78 is 34.6. The van der Waals surface area contributed by atoms with Crippen molar-refractivity contribution in [3.8, 4) is 10.6 Å². The zero-order valence-electron chi connectivity index (χ0n) is 16.8. The molecular weight excluding hydrogens is 480 g/mol. The van der Waals surface area contributed by atoms with Crippen molar-refractivity contribution in [3.05, 3.63) is 82.2 Å². The Labute approximate surface area is 197 Å². The molecule has 3 aromatic carbocycles. The van der Waals surface area contributed by atoms with E-state index in [0.717, 1.165) is 32.5 Å². The number of aromatic nitrogens is 1. The molecule has 0 bridgehead atoms. The van der Waals surface area contributed by atoms with E-state index >= 15 is 0 Å². The van der Waals surface area contributed by atoms with Gasteiger partial charge in [-0.25, -0.2) is 4.98 Å². The maximum Gasteiger partial charge on any atom is 0.295 e. The number of hydrogen-bond donors (Lipinski definition) is 3. The van der Waals surface area contributed by atoms with E-state index in [1.165, 1.54) is 23.5 Å². The van der Waals surface area contributed by atoms with Gasteiger partial charge in [0, 0.05) is 26.6 Å². The fourth-order valence-electron chi connectivity index (χ4n) is 3.15. The highest BCUT2D eigenvalue weighted by Gasteiger charge is 2.22. The zero-order valence-corrected chi connectivity index (χ0v) is 19.3. The first-order valence-corrected chi connectivity index (χ1v) is 12.5. The molecule has 9 nitrogen and oxygen atoms in total. The zero-order chi connectivity index (χ0) is 23.6. The van der Waals surface area contributed by atoms with Crippen LogP contribution < -0.4 is 5.73 Å². The van der Waals surface area contributed by atoms with E-state index in [1.807, 2.05) is 30.3 Å². The van der Waals surface area contributed by atoms with Crippen LogP contribution in [0, 0.1) is 5.41 Å². The molecule has 0 saturated heterocycles. The Balaban J connectivity index is 1.67. The highest BCUT2D eigenvalue weighted by Crippen LogP contribution is 2.35. The SMILES string of the molecule is [N-]=[N+]=NCc1cccc(SC(=N)c2ccc3nc(-c4ccc(N)cc4)sc3c2)c1S(=O)(=O)O. The number of benzene rings is 3. The van der Waals surface area contributed by atoms with Crippen LogP contribution in [0.3, 0.4) is 0 Å². The Bertz CT molecular complexity index is 1520. The maximum absolute atomic E-state index is 12.0. The maximum atomic E-state index is 12.0. The lowest BCUT2D eigenvalue weighted by atomic mass is 10.2. The first kappa shape index (κ1) is 22.8. The number of anilines is 1. The molecule has 0 radical (unpaired) electrons. The summed E-state index contributed by atoms with van der Waals surface area (Å²) in [5, 5.41) is 12.8. The van der Waals surface area contributed by atoms with E-state index in [1.54, 1.807) is 18.2 Å². The second-order valence-corrected chi connectivity index (χ2v) is 10.3. The second-order valence-electron chi connectivity index (χ2n) is 6.86. The number of nitrogens with one attached hydrogen (secondary N) is 1. The van der Waals surface area contributed by atoms with Crippen LogP contribution in [0.15, 0.2) is 75.6 Å². The fourth-order valence-corrected chi connectivity index (χ4v) is 6.22. The van der Waals surface area contributed by atoms with Gasteiger partial charge in [0.25, 0.3) is 10.1 Å². The topological polar surface area (TPSA) is 166 Å². The quantitative estimate of drug-likeness (QED) is 0.0451. The third-order valence-electron chi connectivity index (χ3n) is 4.64. The van der Waals surface area contributed by atoms with Gasteiger partial charge < -0.3 is 5.73 Å². The van der Waals surface area contributed by atoms with Gasteiger partial charge in [0.2, 0.25) is 0 Å². The fraction of sp³-hybridized carbons (Fsp3) is 0.0476. The van der Waals surface area contributed by atoms with Crippen molar-refractivity contribution < 1.29 is 13.0 Å². The van der Waals surface area contributed by atoms with Crippen LogP contribution in [0.2, 0.25) is 0 Å². The number of fused-ring (bicyclic) bond motifs is 1. The van der Waals surface area contributed by atoms with Gasteiger partial charge in [0.15, 0.2) is 0 Å². The summed E-state index contributed by atoms with van der Waals surface area (Å²) in [4.78, 5) is 7.07. The number of thioether (sulfide) groups is 1. The van der Waals surface area contributed by atoms with Crippen molar-refractivity contribution in [2.75, 3.05) is 5.73 Å². The van der Waals surface area contributed by atoms with E-state index in [0.29, 0.717) is 11.3 Å². The summed E-state index contributed by atoms with van der Waals surface area (Å²) in [6.07, 6.45) is 0. The van der Waals surface area contributed by atoms with E-state index in [9.17, 15) is 13.0 Å². The predicted molar refractivity (Wildman–Crippen MR) is 131 cm³/mol. The van der Waals surface area contributed by atoms with Crippen LogP contribution in [0.4, 0.5) is 5.69 Å². The molecule has 0 aliphatic carbocycles. The predicted octanol–water partition coefficient (Wildman–Crippen LogP) is 5.72. The molecule has 0 amide bonds. The van der Waals surface area contributed by atoms with Crippen LogP contribution >= 0.6 is 23.1 Å². The molecule has 1 heterocycles. The molecule has 166 valence electrons. The number of rotatable bonds is 6. The molecule has 33 heavy (non-hydrogen) atoms. The highest BCUT2D eigenvalue weighted by atomic mass is 32.2. The summed E-state index contributed by atoms with van der Waals surface area (Å²) in [6, 6.07) is 17.3. The monoisotopic (exact) mass is 496 g/mol. The molecular formula is C21H16N6O3S3. The summed E-state index contributed by atoms with van der Waals surface area (Å²) in [5.74, 6) is 0. The molecule has 1 aromatic heterocycles. The van der Waals surface area contributed by atoms with Crippen LogP contribution in [0.25, 0.3) is 31.2 Å². The van der Waals surface area contributed by atoms with Crippen LogP contribution in [-0.2, 0) is 16.7 Å². The number of nitrogens with zero attached hydrogens (tertiary/aromatic N) is 4. The van der Waals surface area contributed by atoms with Gasteiger partial charge in [-0.05, 0) is 53.6 Å². The second kappa shape index (κ2) is 9.22. The largest absolute Gasteiger partial charge is 0.399 e. The first-order valence-electron chi connectivity index (χ1n) is 9.40. The van der Waals surface area contributed by atoms with Crippen molar-refractivity contribution in [3.63, 3.8) is 0 Å².